The van der Waals surface area contributed by atoms with Crippen LogP contribution in [0.4, 0.5) is 0 Å². The highest BCUT2D eigenvalue weighted by Crippen LogP contribution is 2.28. The van der Waals surface area contributed by atoms with Gasteiger partial charge in [0, 0.05) is 25.0 Å². The number of thiophene rings is 1. The van der Waals surface area contributed by atoms with Crippen LogP contribution in [-0.4, -0.2) is 26.7 Å². The van der Waals surface area contributed by atoms with Crippen LogP contribution in [0.5, 0.6) is 11.5 Å². The van der Waals surface area contributed by atoms with Gasteiger partial charge in [0.1, 0.15) is 0 Å². The molecule has 0 atom stereocenters. The van der Waals surface area contributed by atoms with Crippen molar-refractivity contribution < 1.29 is 14.3 Å². The van der Waals surface area contributed by atoms with Crippen LogP contribution in [0.15, 0.2) is 29.6 Å². The summed E-state index contributed by atoms with van der Waals surface area (Å²) in [6.45, 7) is 3.68. The maximum atomic E-state index is 11.2. The van der Waals surface area contributed by atoms with Gasteiger partial charge in [-0.15, -0.1) is 11.3 Å². The van der Waals surface area contributed by atoms with Crippen molar-refractivity contribution in [3.8, 4) is 11.5 Å². The van der Waals surface area contributed by atoms with Gasteiger partial charge in [0.05, 0.1) is 7.11 Å². The van der Waals surface area contributed by atoms with Crippen molar-refractivity contribution in [2.45, 2.75) is 20.0 Å². The lowest BCUT2D eigenvalue weighted by atomic mass is 10.2. The number of carbonyl (C=O) groups is 1. The number of rotatable bonds is 8. The number of amides is 1. The normalized spacial score (nSPS) is 10.4. The quantitative estimate of drug-likeness (QED) is 0.779. The molecular formula is C17H22N2O3S. The lowest BCUT2D eigenvalue weighted by Gasteiger charge is -2.12. The van der Waals surface area contributed by atoms with Gasteiger partial charge in [0.2, 0.25) is 0 Å². The molecule has 2 N–H and O–H groups in total. The molecular weight excluding hydrogens is 312 g/mol. The zero-order valence-electron chi connectivity index (χ0n) is 13.6. The largest absolute Gasteiger partial charge is 0.493 e. The number of likely N-dealkylation sites (N-methyl/N-ethyl adjacent to an activating group) is 1. The summed E-state index contributed by atoms with van der Waals surface area (Å²) in [5.74, 6) is 1.01. The van der Waals surface area contributed by atoms with Crippen LogP contribution in [-0.2, 0) is 17.9 Å². The number of ether oxygens (including phenoxy) is 2. The molecule has 6 heteroatoms. The van der Waals surface area contributed by atoms with Crippen molar-refractivity contribution in [1.29, 1.82) is 0 Å². The van der Waals surface area contributed by atoms with E-state index in [0.717, 1.165) is 18.7 Å². The van der Waals surface area contributed by atoms with Crippen LogP contribution in [0.3, 0.4) is 0 Å². The van der Waals surface area contributed by atoms with Crippen molar-refractivity contribution in [2.24, 2.45) is 0 Å². The molecule has 124 valence electrons. The van der Waals surface area contributed by atoms with E-state index >= 15 is 0 Å². The SMILES string of the molecule is CNC(=O)COc1ccc(CNCc2sccc2C)cc1OC. The van der Waals surface area contributed by atoms with Crippen molar-refractivity contribution >= 4 is 17.2 Å². The number of aryl methyl sites for hydroxylation is 1. The zero-order chi connectivity index (χ0) is 16.7. The molecule has 1 aromatic carbocycles. The van der Waals surface area contributed by atoms with Gasteiger partial charge in [-0.1, -0.05) is 6.07 Å². The van der Waals surface area contributed by atoms with Gasteiger partial charge in [-0.05, 0) is 41.6 Å². The Bertz CT molecular complexity index is 655. The number of carbonyl (C=O) groups excluding carboxylic acids is 1. The maximum absolute atomic E-state index is 11.2. The lowest BCUT2D eigenvalue weighted by Crippen LogP contribution is -2.24. The highest BCUT2D eigenvalue weighted by atomic mass is 32.1. The van der Waals surface area contributed by atoms with Crippen molar-refractivity contribution in [3.05, 3.63) is 45.6 Å². The smallest absolute Gasteiger partial charge is 0.257 e. The third-order valence-corrected chi connectivity index (χ3v) is 4.47. The molecule has 0 bridgehead atoms. The summed E-state index contributed by atoms with van der Waals surface area (Å²) in [4.78, 5) is 12.6. The number of methoxy groups -OCH3 is 1. The number of nitrogens with one attached hydrogen (secondary N) is 2. The second-order valence-corrected chi connectivity index (χ2v) is 6.08. The third kappa shape index (κ3) is 4.97. The monoisotopic (exact) mass is 334 g/mol. The van der Waals surface area contributed by atoms with E-state index < -0.39 is 0 Å². The lowest BCUT2D eigenvalue weighted by molar-refractivity contribution is -0.122. The molecule has 5 nitrogen and oxygen atoms in total. The van der Waals surface area contributed by atoms with Crippen LogP contribution in [0, 0.1) is 6.92 Å². The molecule has 0 aliphatic rings. The summed E-state index contributed by atoms with van der Waals surface area (Å²) in [6.07, 6.45) is 0. The average molecular weight is 334 g/mol. The Morgan fingerprint density at radius 2 is 2.04 bits per heavy atom. The fourth-order valence-corrected chi connectivity index (χ4v) is 2.94. The van der Waals surface area contributed by atoms with E-state index in [4.69, 9.17) is 9.47 Å². The number of hydrogen-bond donors (Lipinski definition) is 2. The minimum absolute atomic E-state index is 0.0257. The van der Waals surface area contributed by atoms with Crippen molar-refractivity contribution in [2.75, 3.05) is 20.8 Å². The van der Waals surface area contributed by atoms with E-state index in [1.54, 1.807) is 25.5 Å². The Labute approximate surface area is 140 Å². The van der Waals surface area contributed by atoms with E-state index in [0.29, 0.717) is 11.5 Å². The highest BCUT2D eigenvalue weighted by molar-refractivity contribution is 7.10. The predicted octanol–water partition coefficient (Wildman–Crippen LogP) is 2.48. The summed E-state index contributed by atoms with van der Waals surface area (Å²) in [5.41, 5.74) is 2.42. The van der Waals surface area contributed by atoms with Gasteiger partial charge in [0.15, 0.2) is 18.1 Å². The topological polar surface area (TPSA) is 59.6 Å². The fourth-order valence-electron chi connectivity index (χ4n) is 2.06. The van der Waals surface area contributed by atoms with Gasteiger partial charge in [0.25, 0.3) is 5.91 Å². The van der Waals surface area contributed by atoms with Crippen molar-refractivity contribution in [1.82, 2.24) is 10.6 Å². The minimum Gasteiger partial charge on any atom is -0.493 e. The minimum atomic E-state index is -0.177. The maximum Gasteiger partial charge on any atom is 0.257 e. The Morgan fingerprint density at radius 3 is 2.70 bits per heavy atom. The second-order valence-electron chi connectivity index (χ2n) is 5.08. The fraction of sp³-hybridized carbons (Fsp3) is 0.353. The first kappa shape index (κ1) is 17.3. The standard InChI is InChI=1S/C17H22N2O3S/c1-12-6-7-23-16(12)10-19-9-13-4-5-14(15(8-13)21-3)22-11-17(20)18-2/h4-8,19H,9-11H2,1-3H3,(H,18,20). The molecule has 0 aliphatic heterocycles. The van der Waals surface area contributed by atoms with E-state index in [9.17, 15) is 4.79 Å². The molecule has 0 fully saturated rings. The number of hydrogen-bond acceptors (Lipinski definition) is 5. The molecule has 0 saturated heterocycles. The molecule has 2 rings (SSSR count). The molecule has 1 amide bonds. The van der Waals surface area contributed by atoms with Crippen LogP contribution in [0.1, 0.15) is 16.0 Å². The molecule has 0 aliphatic carbocycles. The van der Waals surface area contributed by atoms with Gasteiger partial charge in [-0.25, -0.2) is 0 Å². The van der Waals surface area contributed by atoms with Crippen LogP contribution in [0.2, 0.25) is 0 Å². The van der Waals surface area contributed by atoms with Crippen LogP contribution in [0.25, 0.3) is 0 Å². The zero-order valence-corrected chi connectivity index (χ0v) is 14.5. The highest BCUT2D eigenvalue weighted by Gasteiger charge is 2.08. The Balaban J connectivity index is 1.92. The Kier molecular flexibility index (Phi) is 6.43. The van der Waals surface area contributed by atoms with Crippen LogP contribution >= 0.6 is 11.3 Å². The summed E-state index contributed by atoms with van der Waals surface area (Å²) in [7, 11) is 3.17. The Morgan fingerprint density at radius 1 is 1.22 bits per heavy atom. The first-order valence-corrected chi connectivity index (χ1v) is 8.26. The van der Waals surface area contributed by atoms with E-state index in [2.05, 4.69) is 29.0 Å². The first-order chi connectivity index (χ1) is 11.1. The summed E-state index contributed by atoms with van der Waals surface area (Å²) in [5, 5.41) is 8.05. The predicted molar refractivity (Wildman–Crippen MR) is 92.2 cm³/mol. The molecule has 0 unspecified atom stereocenters. The van der Waals surface area contributed by atoms with Gasteiger partial charge in [-0.3, -0.25) is 4.79 Å². The van der Waals surface area contributed by atoms with E-state index in [1.165, 1.54) is 10.4 Å². The van der Waals surface area contributed by atoms with Crippen LogP contribution < -0.4 is 20.1 Å². The molecule has 0 spiro atoms. The molecule has 1 heterocycles. The third-order valence-electron chi connectivity index (χ3n) is 3.45. The Hall–Kier alpha value is -2.05. The molecule has 2 aromatic rings. The second kappa shape index (κ2) is 8.55. The van der Waals surface area contributed by atoms with Gasteiger partial charge >= 0.3 is 0 Å². The molecule has 0 saturated carbocycles. The van der Waals surface area contributed by atoms with Gasteiger partial charge < -0.3 is 20.1 Å². The molecule has 23 heavy (non-hydrogen) atoms. The number of benzene rings is 1. The van der Waals surface area contributed by atoms with Gasteiger partial charge in [-0.2, -0.15) is 0 Å². The first-order valence-electron chi connectivity index (χ1n) is 7.38. The van der Waals surface area contributed by atoms with Crippen molar-refractivity contribution in [3.63, 3.8) is 0 Å². The van der Waals surface area contributed by atoms with E-state index in [1.807, 2.05) is 18.2 Å². The molecule has 0 radical (unpaired) electrons. The van der Waals surface area contributed by atoms with E-state index in [-0.39, 0.29) is 12.5 Å². The molecule has 1 aromatic heterocycles. The summed E-state index contributed by atoms with van der Waals surface area (Å²) in [6, 6.07) is 7.85. The summed E-state index contributed by atoms with van der Waals surface area (Å²) < 4.78 is 10.8. The average Bonchev–Trinajstić information content (AvgIpc) is 2.98. The summed E-state index contributed by atoms with van der Waals surface area (Å²) >= 11 is 1.76.